The van der Waals surface area contributed by atoms with Gasteiger partial charge in [0.15, 0.2) is 0 Å². The fourth-order valence-electron chi connectivity index (χ4n) is 5.69. The number of hydrogen-bond donors (Lipinski definition) is 2. The first kappa shape index (κ1) is 22.7. The van der Waals surface area contributed by atoms with Gasteiger partial charge in [-0.2, -0.15) is 4.98 Å². The highest BCUT2D eigenvalue weighted by molar-refractivity contribution is 6.05. The van der Waals surface area contributed by atoms with Gasteiger partial charge >= 0.3 is 0 Å². The van der Waals surface area contributed by atoms with Crippen LogP contribution in [-0.4, -0.2) is 69.9 Å². The maximum atomic E-state index is 14.1. The van der Waals surface area contributed by atoms with E-state index in [1.54, 1.807) is 0 Å². The number of fused-ring (bicyclic) bond motifs is 3. The summed E-state index contributed by atoms with van der Waals surface area (Å²) in [5.41, 5.74) is 1.83. The molecule has 3 heterocycles. The number of aliphatic hydroxyl groups excluding tert-OH is 1. The number of piperazine rings is 1. The number of nitrogens with zero attached hydrogens (tertiary/aromatic N) is 5. The molecule has 186 valence electrons. The third kappa shape index (κ3) is 4.38. The molecular weight excluding hydrogens is 440 g/mol. The molecule has 0 spiro atoms. The van der Waals surface area contributed by atoms with Crippen molar-refractivity contribution in [2.45, 2.75) is 63.6 Å². The minimum absolute atomic E-state index is 0.0183. The Morgan fingerprint density at radius 1 is 1.06 bits per heavy atom. The highest BCUT2D eigenvalue weighted by Crippen LogP contribution is 2.33. The van der Waals surface area contributed by atoms with Gasteiger partial charge in [-0.25, -0.2) is 4.98 Å². The number of pyridine rings is 1. The number of aromatic nitrogens is 3. The highest BCUT2D eigenvalue weighted by Gasteiger charge is 2.27. The van der Waals surface area contributed by atoms with E-state index < -0.39 is 0 Å². The van der Waals surface area contributed by atoms with E-state index in [1.807, 2.05) is 10.8 Å². The molecular formula is C27H36N6O2. The van der Waals surface area contributed by atoms with Crippen LogP contribution in [0.4, 0.5) is 11.6 Å². The number of aliphatic hydroxyl groups is 1. The van der Waals surface area contributed by atoms with E-state index in [-0.39, 0.29) is 17.7 Å². The Morgan fingerprint density at radius 3 is 2.60 bits per heavy atom. The smallest absolute Gasteiger partial charge is 0.260 e. The summed E-state index contributed by atoms with van der Waals surface area (Å²) in [5.74, 6) is 1.31. The molecule has 0 radical (unpaired) electrons. The number of anilines is 2. The van der Waals surface area contributed by atoms with Gasteiger partial charge in [0.05, 0.1) is 11.5 Å². The molecule has 2 aliphatic carbocycles. The predicted octanol–water partition coefficient (Wildman–Crippen LogP) is 3.38. The normalized spacial score (nSPS) is 25.9. The van der Waals surface area contributed by atoms with Crippen LogP contribution in [0.15, 0.2) is 29.2 Å². The van der Waals surface area contributed by atoms with Gasteiger partial charge in [-0.1, -0.05) is 6.07 Å². The van der Waals surface area contributed by atoms with Crippen LogP contribution in [0.1, 0.15) is 51.5 Å². The molecule has 1 saturated heterocycles. The SMILES string of the molecule is C[C@@H]1CN(c2ccc3c(c2)c(=O)n([C@H]2CC[C@H](O)CC2)c2nc(NCC4CC4)ncc32)CCN1C. The van der Waals surface area contributed by atoms with Gasteiger partial charge in [0, 0.05) is 55.5 Å². The Hall–Kier alpha value is -2.71. The molecule has 2 N–H and O–H groups in total. The zero-order valence-electron chi connectivity index (χ0n) is 20.8. The maximum absolute atomic E-state index is 14.1. The lowest BCUT2D eigenvalue weighted by atomic mass is 9.92. The van der Waals surface area contributed by atoms with Crippen molar-refractivity contribution in [3.8, 4) is 0 Å². The van der Waals surface area contributed by atoms with Crippen molar-refractivity contribution in [3.63, 3.8) is 0 Å². The van der Waals surface area contributed by atoms with Gasteiger partial charge in [-0.05, 0) is 75.9 Å². The van der Waals surface area contributed by atoms with Crippen LogP contribution in [0.2, 0.25) is 0 Å². The number of likely N-dealkylation sites (N-methyl/N-ethyl adjacent to an activating group) is 1. The van der Waals surface area contributed by atoms with Crippen molar-refractivity contribution in [2.24, 2.45) is 5.92 Å². The maximum Gasteiger partial charge on any atom is 0.260 e. The second-order valence-corrected chi connectivity index (χ2v) is 10.9. The lowest BCUT2D eigenvalue weighted by molar-refractivity contribution is 0.111. The summed E-state index contributed by atoms with van der Waals surface area (Å²) >= 11 is 0. The summed E-state index contributed by atoms with van der Waals surface area (Å²) in [7, 11) is 2.17. The summed E-state index contributed by atoms with van der Waals surface area (Å²) in [4.78, 5) is 28.3. The van der Waals surface area contributed by atoms with E-state index in [0.717, 1.165) is 60.9 Å². The lowest BCUT2D eigenvalue weighted by Gasteiger charge is -2.39. The first-order valence-electron chi connectivity index (χ1n) is 13.2. The molecule has 0 bridgehead atoms. The van der Waals surface area contributed by atoms with Crippen LogP contribution < -0.4 is 15.8 Å². The van der Waals surface area contributed by atoms with Crippen molar-refractivity contribution in [1.29, 1.82) is 0 Å². The minimum Gasteiger partial charge on any atom is -0.393 e. The first-order chi connectivity index (χ1) is 17.0. The van der Waals surface area contributed by atoms with Gasteiger partial charge in [0.25, 0.3) is 5.56 Å². The van der Waals surface area contributed by atoms with E-state index in [2.05, 4.69) is 52.3 Å². The first-order valence-corrected chi connectivity index (χ1v) is 13.2. The Balaban J connectivity index is 1.47. The largest absolute Gasteiger partial charge is 0.393 e. The quantitative estimate of drug-likeness (QED) is 0.546. The molecule has 0 amide bonds. The number of benzene rings is 1. The van der Waals surface area contributed by atoms with Crippen molar-refractivity contribution in [3.05, 3.63) is 34.7 Å². The molecule has 3 aliphatic rings. The lowest BCUT2D eigenvalue weighted by Crippen LogP contribution is -2.50. The number of nitrogens with one attached hydrogen (secondary N) is 1. The Kier molecular flexibility index (Phi) is 5.89. The van der Waals surface area contributed by atoms with Crippen molar-refractivity contribution >= 4 is 33.4 Å². The van der Waals surface area contributed by atoms with Crippen LogP contribution in [-0.2, 0) is 0 Å². The van der Waals surface area contributed by atoms with E-state index >= 15 is 0 Å². The fourth-order valence-corrected chi connectivity index (χ4v) is 5.69. The molecule has 1 aliphatic heterocycles. The second-order valence-electron chi connectivity index (χ2n) is 10.9. The third-order valence-corrected chi connectivity index (χ3v) is 8.34. The standard InChI is InChI=1S/C27H36N6O2/c1-17-16-32(12-11-31(17)2)20-7-10-22-23(13-20)26(35)33(19-5-8-21(34)9-6-19)25-24(22)15-29-27(30-25)28-14-18-3-4-18/h7,10,13,15,17-19,21,34H,3-6,8-9,11-12,14,16H2,1-2H3,(H,28,29,30)/t17-,19-,21-/m1/s1. The monoisotopic (exact) mass is 476 g/mol. The molecule has 35 heavy (non-hydrogen) atoms. The molecule has 8 heteroatoms. The summed E-state index contributed by atoms with van der Waals surface area (Å²) in [6.07, 6.45) is 7.12. The molecule has 3 aromatic rings. The van der Waals surface area contributed by atoms with E-state index in [9.17, 15) is 9.90 Å². The van der Waals surface area contributed by atoms with Gasteiger partial charge in [-0.15, -0.1) is 0 Å². The Labute approximate surface area is 206 Å². The van der Waals surface area contributed by atoms with Crippen LogP contribution in [0, 0.1) is 5.92 Å². The number of rotatable bonds is 5. The molecule has 2 saturated carbocycles. The average Bonchev–Trinajstić information content (AvgIpc) is 3.70. The summed E-state index contributed by atoms with van der Waals surface area (Å²) in [6.45, 7) is 6.04. The molecule has 8 nitrogen and oxygen atoms in total. The minimum atomic E-state index is -0.273. The molecule has 3 fully saturated rings. The fraction of sp³-hybridized carbons (Fsp3) is 0.593. The highest BCUT2D eigenvalue weighted by atomic mass is 16.3. The van der Waals surface area contributed by atoms with Gasteiger partial charge < -0.3 is 20.2 Å². The van der Waals surface area contributed by atoms with Crippen LogP contribution in [0.25, 0.3) is 21.8 Å². The Morgan fingerprint density at radius 2 is 1.86 bits per heavy atom. The topological polar surface area (TPSA) is 86.5 Å². The molecule has 6 rings (SSSR count). The third-order valence-electron chi connectivity index (χ3n) is 8.34. The van der Waals surface area contributed by atoms with Crippen molar-refractivity contribution < 1.29 is 5.11 Å². The second kappa shape index (κ2) is 9.06. The summed E-state index contributed by atoms with van der Waals surface area (Å²) in [5, 5.41) is 16.0. The zero-order chi connectivity index (χ0) is 24.1. The van der Waals surface area contributed by atoms with E-state index in [4.69, 9.17) is 4.98 Å². The zero-order valence-corrected chi connectivity index (χ0v) is 20.8. The Bertz CT molecular complexity index is 1290. The van der Waals surface area contributed by atoms with Crippen LogP contribution in [0.3, 0.4) is 0 Å². The van der Waals surface area contributed by atoms with Crippen LogP contribution >= 0.6 is 0 Å². The van der Waals surface area contributed by atoms with Gasteiger partial charge in [-0.3, -0.25) is 9.36 Å². The van der Waals surface area contributed by atoms with Gasteiger partial charge in [0.2, 0.25) is 5.95 Å². The predicted molar refractivity (Wildman–Crippen MR) is 140 cm³/mol. The molecule has 1 aromatic carbocycles. The molecule has 1 atom stereocenters. The van der Waals surface area contributed by atoms with Crippen molar-refractivity contribution in [2.75, 3.05) is 43.4 Å². The molecule has 2 aromatic heterocycles. The van der Waals surface area contributed by atoms with Crippen LogP contribution in [0.5, 0.6) is 0 Å². The number of hydrogen-bond acceptors (Lipinski definition) is 7. The van der Waals surface area contributed by atoms with E-state index in [1.165, 1.54) is 12.8 Å². The van der Waals surface area contributed by atoms with Crippen molar-refractivity contribution in [1.82, 2.24) is 19.4 Å². The van der Waals surface area contributed by atoms with E-state index in [0.29, 0.717) is 36.4 Å². The molecule has 0 unspecified atom stereocenters. The summed E-state index contributed by atoms with van der Waals surface area (Å²) in [6, 6.07) is 6.79. The summed E-state index contributed by atoms with van der Waals surface area (Å²) < 4.78 is 1.91. The average molecular weight is 477 g/mol. The van der Waals surface area contributed by atoms with Gasteiger partial charge in [0.1, 0.15) is 5.65 Å².